The number of phenols is 1. The summed E-state index contributed by atoms with van der Waals surface area (Å²) in [6.07, 6.45) is 0.726. The van der Waals surface area contributed by atoms with Gasteiger partial charge < -0.3 is 5.11 Å². The molecule has 0 bridgehead atoms. The third-order valence-electron chi connectivity index (χ3n) is 5.24. The number of aryl methyl sites for hydroxylation is 1. The lowest BCUT2D eigenvalue weighted by atomic mass is 9.82. The molecule has 0 atom stereocenters. The van der Waals surface area contributed by atoms with Crippen molar-refractivity contribution in [2.45, 2.75) is 39.5 Å². The van der Waals surface area contributed by atoms with Gasteiger partial charge in [-0.15, -0.1) is 10.2 Å². The predicted octanol–water partition coefficient (Wildman–Crippen LogP) is 5.19. The van der Waals surface area contributed by atoms with Gasteiger partial charge in [0.1, 0.15) is 5.69 Å². The summed E-state index contributed by atoms with van der Waals surface area (Å²) < 4.78 is 1.34. The zero-order chi connectivity index (χ0) is 22.1. The molecule has 156 valence electrons. The summed E-state index contributed by atoms with van der Waals surface area (Å²) in [6.45, 7) is 7.53. The first-order chi connectivity index (χ1) is 14.2. The van der Waals surface area contributed by atoms with Crippen molar-refractivity contribution >= 4 is 17.1 Å². The molecule has 9 nitrogen and oxygen atoms in total. The van der Waals surface area contributed by atoms with Crippen LogP contribution >= 0.6 is 0 Å². The average molecular weight is 409 g/mol. The van der Waals surface area contributed by atoms with Crippen molar-refractivity contribution in [2.24, 2.45) is 10.2 Å². The molecule has 2 aromatic carbocycles. The predicted molar refractivity (Wildman–Crippen MR) is 113 cm³/mol. The van der Waals surface area contributed by atoms with Crippen LogP contribution in [0.1, 0.15) is 38.4 Å². The summed E-state index contributed by atoms with van der Waals surface area (Å²) in [7, 11) is 0. The number of azo groups is 1. The van der Waals surface area contributed by atoms with Crippen molar-refractivity contribution in [3.05, 3.63) is 74.2 Å². The van der Waals surface area contributed by atoms with E-state index in [-0.39, 0.29) is 16.8 Å². The Labute approximate surface area is 172 Å². The molecule has 3 aromatic rings. The van der Waals surface area contributed by atoms with E-state index in [2.05, 4.69) is 15.3 Å². The number of aromatic amines is 1. The Morgan fingerprint density at radius 2 is 1.87 bits per heavy atom. The lowest BCUT2D eigenvalue weighted by Gasteiger charge is -2.23. The molecule has 0 aliphatic rings. The van der Waals surface area contributed by atoms with Crippen molar-refractivity contribution in [1.29, 1.82) is 0 Å². The molecule has 9 heteroatoms. The van der Waals surface area contributed by atoms with E-state index in [0.29, 0.717) is 16.9 Å². The van der Waals surface area contributed by atoms with Crippen LogP contribution in [0.25, 0.3) is 5.69 Å². The van der Waals surface area contributed by atoms with Gasteiger partial charge in [0, 0.05) is 6.07 Å². The largest absolute Gasteiger partial charge is 0.501 e. The summed E-state index contributed by atoms with van der Waals surface area (Å²) in [4.78, 5) is 23.5. The van der Waals surface area contributed by atoms with E-state index in [1.54, 1.807) is 37.3 Å². The maximum atomic E-state index is 12.8. The Hall–Kier alpha value is -3.75. The second kappa shape index (κ2) is 7.94. The number of aromatic hydroxyl groups is 1. The van der Waals surface area contributed by atoms with E-state index >= 15 is 0 Å². The molecule has 0 spiro atoms. The maximum Gasteiger partial charge on any atom is 0.313 e. The van der Waals surface area contributed by atoms with E-state index in [4.69, 9.17) is 0 Å². The first-order valence-electron chi connectivity index (χ1n) is 9.46. The molecule has 0 unspecified atom stereocenters. The molecular weight excluding hydrogens is 386 g/mol. The van der Waals surface area contributed by atoms with Crippen LogP contribution < -0.4 is 5.56 Å². The molecular formula is C21H23N5O4. The molecule has 1 aromatic heterocycles. The van der Waals surface area contributed by atoms with Crippen LogP contribution in [0, 0.1) is 17.0 Å². The van der Waals surface area contributed by atoms with Gasteiger partial charge in [-0.25, -0.2) is 4.68 Å². The van der Waals surface area contributed by atoms with Crippen LogP contribution in [0.2, 0.25) is 0 Å². The molecule has 0 aliphatic carbocycles. The summed E-state index contributed by atoms with van der Waals surface area (Å²) in [5, 5.41) is 32.7. The van der Waals surface area contributed by atoms with E-state index in [1.165, 1.54) is 10.7 Å². The highest BCUT2D eigenvalue weighted by Gasteiger charge is 2.26. The second-order valence-corrected chi connectivity index (χ2v) is 7.62. The van der Waals surface area contributed by atoms with E-state index in [1.807, 2.05) is 26.8 Å². The Morgan fingerprint density at radius 1 is 1.20 bits per heavy atom. The van der Waals surface area contributed by atoms with Crippen LogP contribution in [-0.2, 0) is 5.41 Å². The Morgan fingerprint density at radius 3 is 2.47 bits per heavy atom. The Balaban J connectivity index is 2.10. The minimum Gasteiger partial charge on any atom is -0.501 e. The highest BCUT2D eigenvalue weighted by atomic mass is 16.6. The van der Waals surface area contributed by atoms with Crippen molar-refractivity contribution in [3.63, 3.8) is 0 Å². The molecule has 0 aliphatic heterocycles. The second-order valence-electron chi connectivity index (χ2n) is 7.62. The molecule has 1 heterocycles. The van der Waals surface area contributed by atoms with Crippen LogP contribution in [0.3, 0.4) is 0 Å². The average Bonchev–Trinajstić information content (AvgIpc) is 3.01. The summed E-state index contributed by atoms with van der Waals surface area (Å²) in [6, 6.07) is 11.9. The normalized spacial score (nSPS) is 11.9. The number of phenolic OH excluding ortho intramolecular Hbond substituents is 1. The van der Waals surface area contributed by atoms with Crippen LogP contribution in [0.5, 0.6) is 5.75 Å². The first kappa shape index (κ1) is 21.0. The maximum absolute atomic E-state index is 12.8. The van der Waals surface area contributed by atoms with E-state index in [0.717, 1.165) is 6.42 Å². The number of nitrogens with zero attached hydrogens (tertiary/aromatic N) is 4. The minimum absolute atomic E-state index is 0.0565. The number of nitro groups is 1. The van der Waals surface area contributed by atoms with Gasteiger partial charge in [-0.2, -0.15) is 0 Å². The highest BCUT2D eigenvalue weighted by Crippen LogP contribution is 2.41. The van der Waals surface area contributed by atoms with Gasteiger partial charge in [-0.1, -0.05) is 39.0 Å². The van der Waals surface area contributed by atoms with Crippen molar-refractivity contribution in [3.8, 4) is 11.4 Å². The minimum atomic E-state index is -0.659. The summed E-state index contributed by atoms with van der Waals surface area (Å²) >= 11 is 0. The number of aromatic nitrogens is 2. The molecule has 2 N–H and O–H groups in total. The van der Waals surface area contributed by atoms with Gasteiger partial charge in [0.15, 0.2) is 5.69 Å². The monoisotopic (exact) mass is 409 g/mol. The van der Waals surface area contributed by atoms with Gasteiger partial charge in [0.25, 0.3) is 5.56 Å². The molecule has 0 radical (unpaired) electrons. The van der Waals surface area contributed by atoms with Crippen molar-refractivity contribution in [1.82, 2.24) is 9.78 Å². The van der Waals surface area contributed by atoms with Gasteiger partial charge >= 0.3 is 5.69 Å². The van der Waals surface area contributed by atoms with Gasteiger partial charge in [-0.3, -0.25) is 20.0 Å². The molecule has 0 amide bonds. The van der Waals surface area contributed by atoms with Gasteiger partial charge in [-0.05, 0) is 42.5 Å². The SMILES string of the molecule is CCC(C)(C)c1cc(/N=N/c2c(C)[nH]n(-c3ccccc3)c2=O)c(O)c([N+](=O)[O-])c1. The fourth-order valence-corrected chi connectivity index (χ4v) is 2.93. The number of para-hydroxylation sites is 1. The van der Waals surface area contributed by atoms with Gasteiger partial charge in [0.2, 0.25) is 5.75 Å². The van der Waals surface area contributed by atoms with Crippen LogP contribution in [0.4, 0.5) is 17.1 Å². The van der Waals surface area contributed by atoms with Crippen LogP contribution in [-0.4, -0.2) is 19.8 Å². The highest BCUT2D eigenvalue weighted by molar-refractivity contribution is 5.65. The summed E-state index contributed by atoms with van der Waals surface area (Å²) in [5.74, 6) is -0.587. The topological polar surface area (TPSA) is 126 Å². The number of hydrogen-bond donors (Lipinski definition) is 2. The number of nitro benzene ring substituents is 1. The molecule has 0 fully saturated rings. The zero-order valence-corrected chi connectivity index (χ0v) is 17.2. The van der Waals surface area contributed by atoms with Crippen LogP contribution in [0.15, 0.2) is 57.5 Å². The molecule has 0 saturated heterocycles. The fourth-order valence-electron chi connectivity index (χ4n) is 2.93. The molecule has 0 saturated carbocycles. The Bertz CT molecular complexity index is 1180. The third kappa shape index (κ3) is 3.86. The van der Waals surface area contributed by atoms with Crippen molar-refractivity contribution in [2.75, 3.05) is 0 Å². The number of rotatable bonds is 6. The lowest BCUT2D eigenvalue weighted by molar-refractivity contribution is -0.385. The quantitative estimate of drug-likeness (QED) is 0.330. The fraction of sp³-hybridized carbons (Fsp3) is 0.286. The summed E-state index contributed by atoms with van der Waals surface area (Å²) in [5.41, 5.74) is 0.525. The number of H-pyrrole nitrogens is 1. The number of benzene rings is 2. The lowest BCUT2D eigenvalue weighted by Crippen LogP contribution is -2.15. The third-order valence-corrected chi connectivity index (χ3v) is 5.24. The Kier molecular flexibility index (Phi) is 5.55. The number of hydrogen-bond acceptors (Lipinski definition) is 6. The first-order valence-corrected chi connectivity index (χ1v) is 9.46. The van der Waals surface area contributed by atoms with Gasteiger partial charge in [0.05, 0.1) is 16.3 Å². The smallest absolute Gasteiger partial charge is 0.313 e. The van der Waals surface area contributed by atoms with E-state index < -0.39 is 21.9 Å². The molecule has 30 heavy (non-hydrogen) atoms. The molecule has 3 rings (SSSR count). The van der Waals surface area contributed by atoms with Crippen molar-refractivity contribution < 1.29 is 10.0 Å². The van der Waals surface area contributed by atoms with E-state index in [9.17, 15) is 20.0 Å². The number of nitrogens with one attached hydrogen (secondary N) is 1. The zero-order valence-electron chi connectivity index (χ0n) is 17.2. The standard InChI is InChI=1S/C21H23N5O4/c1-5-21(3,4)14-11-16(19(27)17(12-14)26(29)30)22-23-18-13(2)24-25(20(18)28)15-9-7-6-8-10-15/h6-12,24,27H,5H2,1-4H3/b23-22+.